The lowest BCUT2D eigenvalue weighted by Crippen LogP contribution is -2.43. The molecule has 2 rings (SSSR count). The van der Waals surface area contributed by atoms with Crippen LogP contribution in [-0.2, 0) is 4.79 Å². The summed E-state index contributed by atoms with van der Waals surface area (Å²) in [6.45, 7) is 9.04. The third-order valence-electron chi connectivity index (χ3n) is 3.88. The number of rotatable bonds is 9. The molecule has 23 heavy (non-hydrogen) atoms. The fraction of sp³-hybridized carbons (Fsp3) is 0.611. The molecule has 1 aromatic carbocycles. The van der Waals surface area contributed by atoms with E-state index in [0.29, 0.717) is 19.3 Å². The average Bonchev–Trinajstić information content (AvgIpc) is 3.33. The topological polar surface area (TPSA) is 59.6 Å². The molecule has 2 atom stereocenters. The molecule has 1 saturated carbocycles. The summed E-state index contributed by atoms with van der Waals surface area (Å²) in [5, 5.41) is 6.36. The Hall–Kier alpha value is -1.75. The molecule has 0 unspecified atom stereocenters. The molecule has 0 heterocycles. The van der Waals surface area contributed by atoms with Crippen molar-refractivity contribution in [2.75, 3.05) is 13.2 Å². The van der Waals surface area contributed by atoms with Crippen LogP contribution >= 0.6 is 0 Å². The average molecular weight is 320 g/mol. The van der Waals surface area contributed by atoms with Gasteiger partial charge in [0.25, 0.3) is 0 Å². The molecular formula is C18H28N2O3. The highest BCUT2D eigenvalue weighted by Crippen LogP contribution is 2.30. The molecule has 0 spiro atoms. The van der Waals surface area contributed by atoms with Gasteiger partial charge in [-0.2, -0.15) is 0 Å². The third-order valence-corrected chi connectivity index (χ3v) is 3.88. The van der Waals surface area contributed by atoms with Crippen molar-refractivity contribution in [3.8, 4) is 11.5 Å². The summed E-state index contributed by atoms with van der Waals surface area (Å²) in [6.07, 6.45) is 2.20. The quantitative estimate of drug-likeness (QED) is 0.734. The van der Waals surface area contributed by atoms with Crippen LogP contribution in [0.25, 0.3) is 0 Å². The first-order valence-electron chi connectivity index (χ1n) is 8.51. The predicted octanol–water partition coefficient (Wildman–Crippen LogP) is 2.80. The number of nitrogens with one attached hydrogen (secondary N) is 2. The van der Waals surface area contributed by atoms with Crippen molar-refractivity contribution >= 4 is 5.91 Å². The van der Waals surface area contributed by atoms with E-state index in [-0.39, 0.29) is 18.0 Å². The zero-order valence-electron chi connectivity index (χ0n) is 14.5. The number of ether oxygens (including phenoxy) is 2. The lowest BCUT2D eigenvalue weighted by atomic mass is 10.1. The van der Waals surface area contributed by atoms with Crippen LogP contribution in [0.4, 0.5) is 0 Å². The molecule has 1 amide bonds. The number of hydrogen-bond acceptors (Lipinski definition) is 4. The van der Waals surface area contributed by atoms with E-state index < -0.39 is 0 Å². The standard InChI is InChI=1S/C18H28N2O3/c1-5-22-16-10-7-14(11-17(16)23-6-2)12(3)19-13(4)18(21)20-15-8-9-15/h7,10-13,15,19H,5-6,8-9H2,1-4H3,(H,20,21)/t12-,13+/m0/s1. The molecule has 1 fully saturated rings. The van der Waals surface area contributed by atoms with Crippen LogP contribution in [0.1, 0.15) is 52.1 Å². The lowest BCUT2D eigenvalue weighted by Gasteiger charge is -2.21. The Morgan fingerprint density at radius 3 is 2.43 bits per heavy atom. The van der Waals surface area contributed by atoms with Crippen molar-refractivity contribution in [2.24, 2.45) is 0 Å². The largest absolute Gasteiger partial charge is 0.490 e. The van der Waals surface area contributed by atoms with E-state index in [2.05, 4.69) is 10.6 Å². The molecule has 0 saturated heterocycles. The molecule has 5 heteroatoms. The molecule has 2 N–H and O–H groups in total. The van der Waals surface area contributed by atoms with Gasteiger partial charge in [0, 0.05) is 12.1 Å². The minimum absolute atomic E-state index is 0.0461. The minimum Gasteiger partial charge on any atom is -0.490 e. The number of benzene rings is 1. The first-order valence-corrected chi connectivity index (χ1v) is 8.51. The second-order valence-corrected chi connectivity index (χ2v) is 5.97. The van der Waals surface area contributed by atoms with Crippen LogP contribution in [-0.4, -0.2) is 31.2 Å². The maximum absolute atomic E-state index is 12.1. The van der Waals surface area contributed by atoms with E-state index in [1.807, 2.05) is 45.9 Å². The van der Waals surface area contributed by atoms with Crippen LogP contribution in [0.15, 0.2) is 18.2 Å². The van der Waals surface area contributed by atoms with Gasteiger partial charge in [-0.15, -0.1) is 0 Å². The fourth-order valence-electron chi connectivity index (χ4n) is 2.44. The van der Waals surface area contributed by atoms with E-state index in [0.717, 1.165) is 29.9 Å². The first-order chi connectivity index (χ1) is 11.0. The zero-order chi connectivity index (χ0) is 16.8. The van der Waals surface area contributed by atoms with Gasteiger partial charge >= 0.3 is 0 Å². The van der Waals surface area contributed by atoms with Crippen LogP contribution < -0.4 is 20.1 Å². The van der Waals surface area contributed by atoms with Gasteiger partial charge in [0.1, 0.15) is 0 Å². The van der Waals surface area contributed by atoms with Gasteiger partial charge in [0.15, 0.2) is 11.5 Å². The minimum atomic E-state index is -0.229. The van der Waals surface area contributed by atoms with Gasteiger partial charge in [0.05, 0.1) is 19.3 Å². The van der Waals surface area contributed by atoms with Gasteiger partial charge in [-0.1, -0.05) is 6.07 Å². The molecule has 1 aromatic rings. The smallest absolute Gasteiger partial charge is 0.237 e. The molecule has 1 aliphatic rings. The Kier molecular flexibility index (Phi) is 6.28. The van der Waals surface area contributed by atoms with Crippen molar-refractivity contribution in [1.82, 2.24) is 10.6 Å². The van der Waals surface area contributed by atoms with Gasteiger partial charge in [-0.05, 0) is 58.2 Å². The molecule has 0 radical (unpaired) electrons. The predicted molar refractivity (Wildman–Crippen MR) is 91.0 cm³/mol. The summed E-state index contributed by atoms with van der Waals surface area (Å²) in [5.74, 6) is 1.57. The second kappa shape index (κ2) is 8.20. The summed E-state index contributed by atoms with van der Waals surface area (Å²) in [4.78, 5) is 12.1. The highest BCUT2D eigenvalue weighted by molar-refractivity contribution is 5.81. The Morgan fingerprint density at radius 2 is 1.83 bits per heavy atom. The number of amides is 1. The maximum atomic E-state index is 12.1. The Balaban J connectivity index is 2.00. The Morgan fingerprint density at radius 1 is 1.17 bits per heavy atom. The van der Waals surface area contributed by atoms with Crippen molar-refractivity contribution in [2.45, 2.75) is 58.7 Å². The SMILES string of the molecule is CCOc1ccc([C@H](C)N[C@H](C)C(=O)NC2CC2)cc1OCC. The van der Waals surface area contributed by atoms with Gasteiger partial charge < -0.3 is 14.8 Å². The zero-order valence-corrected chi connectivity index (χ0v) is 14.5. The summed E-state index contributed by atoms with van der Waals surface area (Å²) < 4.78 is 11.2. The lowest BCUT2D eigenvalue weighted by molar-refractivity contribution is -0.123. The van der Waals surface area contributed by atoms with Crippen molar-refractivity contribution in [3.05, 3.63) is 23.8 Å². The fourth-order valence-corrected chi connectivity index (χ4v) is 2.44. The van der Waals surface area contributed by atoms with Crippen molar-refractivity contribution in [3.63, 3.8) is 0 Å². The van der Waals surface area contributed by atoms with Crippen LogP contribution in [0.3, 0.4) is 0 Å². The van der Waals surface area contributed by atoms with Crippen molar-refractivity contribution < 1.29 is 14.3 Å². The normalized spacial score (nSPS) is 16.5. The van der Waals surface area contributed by atoms with E-state index in [4.69, 9.17) is 9.47 Å². The second-order valence-electron chi connectivity index (χ2n) is 5.97. The molecule has 0 bridgehead atoms. The van der Waals surface area contributed by atoms with E-state index in [9.17, 15) is 4.79 Å². The number of carbonyl (C=O) groups excluding carboxylic acids is 1. The van der Waals surface area contributed by atoms with Gasteiger partial charge in [0.2, 0.25) is 5.91 Å². The van der Waals surface area contributed by atoms with E-state index in [1.54, 1.807) is 0 Å². The number of carbonyl (C=O) groups is 1. The van der Waals surface area contributed by atoms with E-state index in [1.165, 1.54) is 0 Å². The van der Waals surface area contributed by atoms with Crippen molar-refractivity contribution in [1.29, 1.82) is 0 Å². The van der Waals surface area contributed by atoms with E-state index >= 15 is 0 Å². The van der Waals surface area contributed by atoms with Crippen LogP contribution in [0, 0.1) is 0 Å². The molecule has 128 valence electrons. The van der Waals surface area contributed by atoms with Crippen LogP contribution in [0.2, 0.25) is 0 Å². The van der Waals surface area contributed by atoms with Crippen LogP contribution in [0.5, 0.6) is 11.5 Å². The molecule has 0 aliphatic heterocycles. The molecule has 1 aliphatic carbocycles. The molecular weight excluding hydrogens is 292 g/mol. The number of hydrogen-bond donors (Lipinski definition) is 2. The Labute approximate surface area is 138 Å². The summed E-state index contributed by atoms with van der Waals surface area (Å²) in [7, 11) is 0. The summed E-state index contributed by atoms with van der Waals surface area (Å²) in [6, 6.07) is 6.13. The van der Waals surface area contributed by atoms with Gasteiger partial charge in [-0.3, -0.25) is 10.1 Å². The van der Waals surface area contributed by atoms with Gasteiger partial charge in [-0.25, -0.2) is 0 Å². The highest BCUT2D eigenvalue weighted by atomic mass is 16.5. The molecule has 0 aromatic heterocycles. The molecule has 5 nitrogen and oxygen atoms in total. The summed E-state index contributed by atoms with van der Waals surface area (Å²) in [5.41, 5.74) is 1.07. The first kappa shape index (κ1) is 17.6. The Bertz CT molecular complexity index is 529. The highest BCUT2D eigenvalue weighted by Gasteiger charge is 2.26. The third kappa shape index (κ3) is 5.13. The monoisotopic (exact) mass is 320 g/mol. The maximum Gasteiger partial charge on any atom is 0.237 e. The summed E-state index contributed by atoms with van der Waals surface area (Å²) >= 11 is 0.